The molecule has 0 aliphatic carbocycles. The first-order chi connectivity index (χ1) is 8.79. The average molecular weight is 238 g/mol. The Kier molecular flexibility index (Phi) is 3.92. The van der Waals surface area contributed by atoms with Crippen LogP contribution in [0.1, 0.15) is 21.5 Å². The Hall–Kier alpha value is -2.35. The molecule has 2 heteroatoms. The van der Waals surface area contributed by atoms with Gasteiger partial charge in [-0.2, -0.15) is 0 Å². The molecule has 2 nitrogen and oxygen atoms in total. The molecule has 2 rings (SSSR count). The van der Waals surface area contributed by atoms with Gasteiger partial charge < -0.3 is 4.74 Å². The molecule has 0 bridgehead atoms. The summed E-state index contributed by atoms with van der Waals surface area (Å²) in [6.07, 6.45) is 1.70. The SMILES string of the molecule is C=Cc1cccc(C(=O)OCc2ccccc2)c1. The van der Waals surface area contributed by atoms with E-state index in [0.717, 1.165) is 11.1 Å². The Labute approximate surface area is 107 Å². The quantitative estimate of drug-likeness (QED) is 0.759. The van der Waals surface area contributed by atoms with Crippen molar-refractivity contribution >= 4 is 12.0 Å². The van der Waals surface area contributed by atoms with E-state index in [1.165, 1.54) is 0 Å². The van der Waals surface area contributed by atoms with Gasteiger partial charge in [-0.1, -0.05) is 55.1 Å². The topological polar surface area (TPSA) is 26.3 Å². The molecule has 0 saturated heterocycles. The standard InChI is InChI=1S/C16H14O2/c1-2-13-9-6-10-15(11-13)16(17)18-12-14-7-4-3-5-8-14/h2-11H,1,12H2. The predicted molar refractivity (Wildman–Crippen MR) is 72.1 cm³/mol. The van der Waals surface area contributed by atoms with Gasteiger partial charge in [0.15, 0.2) is 0 Å². The minimum absolute atomic E-state index is 0.290. The van der Waals surface area contributed by atoms with Crippen molar-refractivity contribution in [2.75, 3.05) is 0 Å². The molecule has 2 aromatic rings. The number of hydrogen-bond donors (Lipinski definition) is 0. The lowest BCUT2D eigenvalue weighted by molar-refractivity contribution is 0.0472. The number of rotatable bonds is 4. The van der Waals surface area contributed by atoms with Gasteiger partial charge >= 0.3 is 5.97 Å². The van der Waals surface area contributed by atoms with Crippen molar-refractivity contribution in [1.29, 1.82) is 0 Å². The molecule has 0 fully saturated rings. The van der Waals surface area contributed by atoms with Crippen LogP contribution < -0.4 is 0 Å². The molecule has 2 aromatic carbocycles. The van der Waals surface area contributed by atoms with E-state index in [-0.39, 0.29) is 12.6 Å². The number of esters is 1. The van der Waals surface area contributed by atoms with E-state index >= 15 is 0 Å². The summed E-state index contributed by atoms with van der Waals surface area (Å²) >= 11 is 0. The summed E-state index contributed by atoms with van der Waals surface area (Å²) in [6.45, 7) is 3.96. The molecule has 0 saturated carbocycles. The van der Waals surface area contributed by atoms with Crippen molar-refractivity contribution in [2.24, 2.45) is 0 Å². The number of carbonyl (C=O) groups is 1. The molecule has 0 spiro atoms. The van der Waals surface area contributed by atoms with Crippen LogP contribution >= 0.6 is 0 Å². The fourth-order valence-corrected chi connectivity index (χ4v) is 1.60. The number of hydrogen-bond acceptors (Lipinski definition) is 2. The predicted octanol–water partition coefficient (Wildman–Crippen LogP) is 3.69. The van der Waals surface area contributed by atoms with Crippen LogP contribution in [0.3, 0.4) is 0 Å². The Morgan fingerprint density at radius 1 is 1.11 bits per heavy atom. The first kappa shape index (κ1) is 12.1. The summed E-state index contributed by atoms with van der Waals surface area (Å²) in [5, 5.41) is 0. The highest BCUT2D eigenvalue weighted by Crippen LogP contribution is 2.09. The van der Waals surface area contributed by atoms with Gasteiger partial charge in [-0.05, 0) is 23.3 Å². The summed E-state index contributed by atoms with van der Waals surface area (Å²) in [4.78, 5) is 11.8. The summed E-state index contributed by atoms with van der Waals surface area (Å²) < 4.78 is 5.24. The van der Waals surface area contributed by atoms with Crippen LogP contribution in [0, 0.1) is 0 Å². The van der Waals surface area contributed by atoms with Crippen molar-refractivity contribution in [3.63, 3.8) is 0 Å². The van der Waals surface area contributed by atoms with Crippen LogP contribution in [0.5, 0.6) is 0 Å². The molecule has 0 aliphatic heterocycles. The van der Waals surface area contributed by atoms with Crippen LogP contribution in [0.4, 0.5) is 0 Å². The average Bonchev–Trinajstić information content (AvgIpc) is 2.46. The van der Waals surface area contributed by atoms with Crippen LogP contribution in [0.2, 0.25) is 0 Å². The number of ether oxygens (including phenoxy) is 1. The summed E-state index contributed by atoms with van der Waals surface area (Å²) in [6, 6.07) is 16.8. The Morgan fingerprint density at radius 2 is 1.89 bits per heavy atom. The zero-order valence-electron chi connectivity index (χ0n) is 10.0. The second kappa shape index (κ2) is 5.82. The van der Waals surface area contributed by atoms with Crippen molar-refractivity contribution in [2.45, 2.75) is 6.61 Å². The summed E-state index contributed by atoms with van der Waals surface area (Å²) in [5.74, 6) is -0.317. The lowest BCUT2D eigenvalue weighted by Gasteiger charge is -2.05. The maximum Gasteiger partial charge on any atom is 0.338 e. The zero-order chi connectivity index (χ0) is 12.8. The third kappa shape index (κ3) is 3.08. The van der Waals surface area contributed by atoms with Gasteiger partial charge in [-0.15, -0.1) is 0 Å². The van der Waals surface area contributed by atoms with Gasteiger partial charge in [0.25, 0.3) is 0 Å². The van der Waals surface area contributed by atoms with E-state index in [1.807, 2.05) is 42.5 Å². The minimum atomic E-state index is -0.317. The zero-order valence-corrected chi connectivity index (χ0v) is 10.0. The third-order valence-corrected chi connectivity index (χ3v) is 2.57. The lowest BCUT2D eigenvalue weighted by Crippen LogP contribution is -2.05. The third-order valence-electron chi connectivity index (χ3n) is 2.57. The van der Waals surface area contributed by atoms with Crippen LogP contribution in [0.15, 0.2) is 61.2 Å². The molecule has 0 radical (unpaired) electrons. The molecule has 0 aromatic heterocycles. The molecule has 0 heterocycles. The Morgan fingerprint density at radius 3 is 2.61 bits per heavy atom. The van der Waals surface area contributed by atoms with E-state index in [4.69, 9.17) is 4.74 Å². The monoisotopic (exact) mass is 238 g/mol. The summed E-state index contributed by atoms with van der Waals surface area (Å²) in [5.41, 5.74) is 2.43. The number of benzene rings is 2. The molecule has 0 atom stereocenters. The Bertz CT molecular complexity index is 544. The molecule has 90 valence electrons. The number of carbonyl (C=O) groups excluding carboxylic acids is 1. The fourth-order valence-electron chi connectivity index (χ4n) is 1.60. The van der Waals surface area contributed by atoms with Crippen molar-refractivity contribution < 1.29 is 9.53 Å². The van der Waals surface area contributed by atoms with Gasteiger partial charge in [-0.3, -0.25) is 0 Å². The maximum absolute atomic E-state index is 11.8. The van der Waals surface area contributed by atoms with Gasteiger partial charge in [0.2, 0.25) is 0 Å². The van der Waals surface area contributed by atoms with E-state index in [2.05, 4.69) is 6.58 Å². The van der Waals surface area contributed by atoms with E-state index < -0.39 is 0 Å². The first-order valence-electron chi connectivity index (χ1n) is 5.73. The van der Waals surface area contributed by atoms with Crippen molar-refractivity contribution in [1.82, 2.24) is 0 Å². The second-order valence-electron chi connectivity index (χ2n) is 3.89. The molecular weight excluding hydrogens is 224 g/mol. The second-order valence-corrected chi connectivity index (χ2v) is 3.89. The molecule has 0 aliphatic rings. The van der Waals surface area contributed by atoms with Gasteiger partial charge in [0.05, 0.1) is 5.56 Å². The van der Waals surface area contributed by atoms with E-state index in [1.54, 1.807) is 18.2 Å². The smallest absolute Gasteiger partial charge is 0.338 e. The maximum atomic E-state index is 11.8. The van der Waals surface area contributed by atoms with Crippen LogP contribution in [-0.4, -0.2) is 5.97 Å². The normalized spacial score (nSPS) is 9.78. The lowest BCUT2D eigenvalue weighted by atomic mass is 10.1. The van der Waals surface area contributed by atoms with Crippen molar-refractivity contribution in [3.8, 4) is 0 Å². The van der Waals surface area contributed by atoms with Crippen LogP contribution in [0.25, 0.3) is 6.08 Å². The van der Waals surface area contributed by atoms with Gasteiger partial charge in [0.1, 0.15) is 6.61 Å². The highest BCUT2D eigenvalue weighted by Gasteiger charge is 2.07. The molecule has 0 N–H and O–H groups in total. The highest BCUT2D eigenvalue weighted by molar-refractivity contribution is 5.90. The van der Waals surface area contributed by atoms with E-state index in [0.29, 0.717) is 5.56 Å². The fraction of sp³-hybridized carbons (Fsp3) is 0.0625. The molecule has 0 amide bonds. The molecule has 18 heavy (non-hydrogen) atoms. The van der Waals surface area contributed by atoms with Gasteiger partial charge in [0, 0.05) is 0 Å². The van der Waals surface area contributed by atoms with Gasteiger partial charge in [-0.25, -0.2) is 4.79 Å². The van der Waals surface area contributed by atoms with E-state index in [9.17, 15) is 4.79 Å². The largest absolute Gasteiger partial charge is 0.457 e. The first-order valence-corrected chi connectivity index (χ1v) is 5.73. The summed E-state index contributed by atoms with van der Waals surface area (Å²) in [7, 11) is 0. The molecular formula is C16H14O2. The highest BCUT2D eigenvalue weighted by atomic mass is 16.5. The Balaban J connectivity index is 2.01. The van der Waals surface area contributed by atoms with Crippen molar-refractivity contribution in [3.05, 3.63) is 77.9 Å². The molecule has 0 unspecified atom stereocenters. The van der Waals surface area contributed by atoms with Crippen LogP contribution in [-0.2, 0) is 11.3 Å². The minimum Gasteiger partial charge on any atom is -0.457 e.